The highest BCUT2D eigenvalue weighted by Crippen LogP contribution is 2.32. The lowest BCUT2D eigenvalue weighted by Gasteiger charge is -2.15. The number of ether oxygens (including phenoxy) is 1. The number of esters is 1. The fourth-order valence-corrected chi connectivity index (χ4v) is 2.99. The van der Waals surface area contributed by atoms with Gasteiger partial charge in [0.25, 0.3) is 0 Å². The van der Waals surface area contributed by atoms with Gasteiger partial charge in [0.2, 0.25) is 5.91 Å². The maximum Gasteiger partial charge on any atom is 0.311 e. The van der Waals surface area contributed by atoms with E-state index in [2.05, 4.69) is 0 Å². The van der Waals surface area contributed by atoms with Gasteiger partial charge in [0.1, 0.15) is 6.61 Å². The molecule has 5 heteroatoms. The van der Waals surface area contributed by atoms with Gasteiger partial charge < -0.3 is 9.64 Å². The van der Waals surface area contributed by atoms with Crippen LogP contribution in [0.4, 0.5) is 0 Å². The summed E-state index contributed by atoms with van der Waals surface area (Å²) in [5, 5.41) is 1.96. The molecule has 2 fully saturated rings. The van der Waals surface area contributed by atoms with Crippen LogP contribution in [-0.2, 0) is 20.9 Å². The zero-order valence-corrected chi connectivity index (χ0v) is 11.5. The molecule has 19 heavy (non-hydrogen) atoms. The lowest BCUT2D eigenvalue weighted by atomic mass is 10.1. The Morgan fingerprint density at radius 2 is 2.32 bits per heavy atom. The molecule has 102 valence electrons. The van der Waals surface area contributed by atoms with Crippen LogP contribution < -0.4 is 0 Å². The quantitative estimate of drug-likeness (QED) is 0.775. The van der Waals surface area contributed by atoms with Gasteiger partial charge in [-0.05, 0) is 30.2 Å². The predicted molar refractivity (Wildman–Crippen MR) is 71.5 cm³/mol. The molecule has 1 aromatic rings. The van der Waals surface area contributed by atoms with Crippen LogP contribution in [0.3, 0.4) is 0 Å². The molecule has 0 radical (unpaired) electrons. The maximum absolute atomic E-state index is 11.9. The number of likely N-dealkylation sites (tertiary alicyclic amines) is 1. The van der Waals surface area contributed by atoms with Gasteiger partial charge in [0.05, 0.1) is 5.92 Å². The molecule has 2 heterocycles. The Labute approximate surface area is 116 Å². The molecule has 1 atom stereocenters. The summed E-state index contributed by atoms with van der Waals surface area (Å²) >= 11 is 1.57. The van der Waals surface area contributed by atoms with Gasteiger partial charge in [-0.15, -0.1) is 11.3 Å². The van der Waals surface area contributed by atoms with Crippen LogP contribution in [0.1, 0.15) is 24.1 Å². The van der Waals surface area contributed by atoms with E-state index in [1.165, 1.54) is 12.8 Å². The van der Waals surface area contributed by atoms with E-state index in [9.17, 15) is 9.59 Å². The van der Waals surface area contributed by atoms with Gasteiger partial charge in [-0.3, -0.25) is 9.59 Å². The van der Waals surface area contributed by atoms with E-state index in [1.807, 2.05) is 22.4 Å². The van der Waals surface area contributed by atoms with E-state index in [-0.39, 0.29) is 17.8 Å². The second-order valence-electron chi connectivity index (χ2n) is 5.33. The van der Waals surface area contributed by atoms with Crippen molar-refractivity contribution in [3.8, 4) is 0 Å². The molecular weight excluding hydrogens is 262 g/mol. The third-order valence-corrected chi connectivity index (χ3v) is 4.51. The third-order valence-electron chi connectivity index (χ3n) is 3.66. The molecule has 4 nitrogen and oxygen atoms in total. The van der Waals surface area contributed by atoms with Crippen LogP contribution in [0.25, 0.3) is 0 Å². The minimum atomic E-state index is -0.272. The molecule has 0 aromatic carbocycles. The van der Waals surface area contributed by atoms with Crippen LogP contribution in [0.15, 0.2) is 17.5 Å². The predicted octanol–water partition coefficient (Wildman–Crippen LogP) is 2.05. The highest BCUT2D eigenvalue weighted by atomic mass is 32.1. The molecule has 1 saturated heterocycles. The Bertz CT molecular complexity index is 467. The maximum atomic E-state index is 11.9. The zero-order chi connectivity index (χ0) is 13.2. The lowest BCUT2D eigenvalue weighted by molar-refractivity contribution is -0.149. The van der Waals surface area contributed by atoms with Crippen molar-refractivity contribution in [2.75, 3.05) is 13.1 Å². The van der Waals surface area contributed by atoms with Crippen molar-refractivity contribution >= 4 is 23.2 Å². The van der Waals surface area contributed by atoms with E-state index < -0.39 is 0 Å². The average molecular weight is 279 g/mol. The minimum Gasteiger partial charge on any atom is -0.460 e. The lowest BCUT2D eigenvalue weighted by Crippen LogP contribution is -2.28. The molecular formula is C14H17NO3S. The van der Waals surface area contributed by atoms with Crippen molar-refractivity contribution in [2.24, 2.45) is 11.8 Å². The summed E-state index contributed by atoms with van der Waals surface area (Å²) in [6.45, 7) is 1.69. The number of carbonyl (C=O) groups is 2. The Balaban J connectivity index is 1.48. The van der Waals surface area contributed by atoms with Crippen molar-refractivity contribution in [3.63, 3.8) is 0 Å². The first-order valence-corrected chi connectivity index (χ1v) is 7.57. The summed E-state index contributed by atoms with van der Waals surface area (Å²) in [6, 6.07) is 3.88. The highest BCUT2D eigenvalue weighted by Gasteiger charge is 2.37. The molecule has 1 unspecified atom stereocenters. The minimum absolute atomic E-state index is 0.102. The van der Waals surface area contributed by atoms with Gasteiger partial charge in [-0.25, -0.2) is 0 Å². The summed E-state index contributed by atoms with van der Waals surface area (Å²) in [4.78, 5) is 26.6. The van der Waals surface area contributed by atoms with Gasteiger partial charge in [0, 0.05) is 24.4 Å². The number of rotatable bonds is 5. The monoisotopic (exact) mass is 279 g/mol. The van der Waals surface area contributed by atoms with Crippen molar-refractivity contribution in [2.45, 2.75) is 25.9 Å². The molecule has 1 aromatic heterocycles. The van der Waals surface area contributed by atoms with Crippen LogP contribution in [0, 0.1) is 11.8 Å². The first-order chi connectivity index (χ1) is 9.22. The summed E-state index contributed by atoms with van der Waals surface area (Å²) in [6.07, 6.45) is 2.75. The molecule has 1 aliphatic heterocycles. The second-order valence-corrected chi connectivity index (χ2v) is 6.36. The van der Waals surface area contributed by atoms with Gasteiger partial charge in [0.15, 0.2) is 0 Å². The number of nitrogens with zero attached hydrogens (tertiary/aromatic N) is 1. The van der Waals surface area contributed by atoms with E-state index in [0.29, 0.717) is 25.5 Å². The van der Waals surface area contributed by atoms with Crippen molar-refractivity contribution < 1.29 is 14.3 Å². The van der Waals surface area contributed by atoms with Gasteiger partial charge >= 0.3 is 5.97 Å². The van der Waals surface area contributed by atoms with E-state index in [0.717, 1.165) is 11.4 Å². The average Bonchev–Trinajstić information content (AvgIpc) is 2.91. The Morgan fingerprint density at radius 1 is 1.47 bits per heavy atom. The smallest absolute Gasteiger partial charge is 0.311 e. The summed E-state index contributed by atoms with van der Waals surface area (Å²) in [7, 11) is 0. The largest absolute Gasteiger partial charge is 0.460 e. The first-order valence-electron chi connectivity index (χ1n) is 6.69. The highest BCUT2D eigenvalue weighted by molar-refractivity contribution is 7.09. The van der Waals surface area contributed by atoms with Crippen molar-refractivity contribution in [3.05, 3.63) is 22.4 Å². The Hall–Kier alpha value is -1.36. The van der Waals surface area contributed by atoms with Crippen molar-refractivity contribution in [1.82, 2.24) is 4.90 Å². The molecule has 0 bridgehead atoms. The van der Waals surface area contributed by atoms with Crippen LogP contribution in [0.5, 0.6) is 0 Å². The number of thiophene rings is 1. The topological polar surface area (TPSA) is 46.6 Å². The van der Waals surface area contributed by atoms with Crippen LogP contribution >= 0.6 is 11.3 Å². The molecule has 3 rings (SSSR count). The Morgan fingerprint density at radius 3 is 3.00 bits per heavy atom. The summed E-state index contributed by atoms with van der Waals surface area (Å²) in [5.41, 5.74) is 0. The van der Waals surface area contributed by atoms with E-state index in [4.69, 9.17) is 4.74 Å². The molecule has 1 saturated carbocycles. The third kappa shape index (κ3) is 3.15. The van der Waals surface area contributed by atoms with E-state index >= 15 is 0 Å². The molecule has 1 amide bonds. The molecule has 1 aliphatic carbocycles. The molecule has 0 N–H and O–H groups in total. The molecule has 0 spiro atoms. The fraction of sp³-hybridized carbons (Fsp3) is 0.571. The van der Waals surface area contributed by atoms with Crippen molar-refractivity contribution in [1.29, 1.82) is 0 Å². The summed E-state index contributed by atoms with van der Waals surface area (Å²) in [5.74, 6) is 0.265. The number of hydrogen-bond acceptors (Lipinski definition) is 4. The fourth-order valence-electron chi connectivity index (χ4n) is 2.37. The number of carbonyl (C=O) groups excluding carboxylic acids is 2. The van der Waals surface area contributed by atoms with Gasteiger partial charge in [-0.2, -0.15) is 0 Å². The van der Waals surface area contributed by atoms with E-state index in [1.54, 1.807) is 11.3 Å². The van der Waals surface area contributed by atoms with Crippen LogP contribution in [-0.4, -0.2) is 29.9 Å². The standard InChI is InChI=1S/C14H17NO3S/c16-13-6-11(8-15(13)7-10-3-4-10)14(17)18-9-12-2-1-5-19-12/h1-2,5,10-11H,3-4,6-9H2. The van der Waals surface area contributed by atoms with Gasteiger partial charge in [-0.1, -0.05) is 6.07 Å². The van der Waals surface area contributed by atoms with Crippen LogP contribution in [0.2, 0.25) is 0 Å². The normalized spacial score (nSPS) is 22.8. The summed E-state index contributed by atoms with van der Waals surface area (Å²) < 4.78 is 5.28. The SMILES string of the molecule is O=C(OCc1cccs1)C1CC(=O)N(CC2CC2)C1. The second kappa shape index (κ2) is 5.33. The zero-order valence-electron chi connectivity index (χ0n) is 10.7. The first kappa shape index (κ1) is 12.7. The number of hydrogen-bond donors (Lipinski definition) is 0. The Kier molecular flexibility index (Phi) is 3.55. The molecule has 2 aliphatic rings. The number of amides is 1.